The van der Waals surface area contributed by atoms with Crippen LogP contribution in [0.2, 0.25) is 0 Å². The minimum atomic E-state index is -2.76. The number of fused-ring (bicyclic) bond motifs is 10. The van der Waals surface area contributed by atoms with Crippen LogP contribution in [0, 0.1) is 33.7 Å². The first-order chi connectivity index (χ1) is 46.5. The largest absolute Gasteiger partial charge is 0.458 e. The Morgan fingerprint density at radius 3 is 1.56 bits per heavy atom. The van der Waals surface area contributed by atoms with Gasteiger partial charge in [-0.3, -0.25) is 13.7 Å². The number of rotatable bonds is 7. The average molecular weight is 1140 g/mol. The van der Waals surface area contributed by atoms with Crippen LogP contribution in [0.15, 0.2) is 212 Å². The zero-order valence-corrected chi connectivity index (χ0v) is 50.4. The van der Waals surface area contributed by atoms with Gasteiger partial charge in [0.05, 0.1) is 33.4 Å². The molecule has 0 aliphatic carbocycles. The molecule has 14 rings (SSSR count). The van der Waals surface area contributed by atoms with Crippen molar-refractivity contribution in [2.75, 3.05) is 0 Å². The van der Waals surface area contributed by atoms with Crippen LogP contribution in [0.25, 0.3) is 117 Å². The SMILES string of the molecule is [2H]C([2H])([2H])c1cccc(C([2H])([2H])[2H])c1-c1cc(-c2cc(C(C)(C)C)cc(C(C)(C)C)c2)c2c(c1)-c1ccccc1-c1ccccc1-c1cc(-c3c(C([2H])([2H])[2H])cccc3C([2H])([2H])[2H])cc3c1[n+]-2[c-]n3-c1cccc(Oc2ccc3c4ccccc4n(-c4cc(C(C)(C)C)ccn4)c3c2)c1. The topological polar surface area (TPSA) is 35.9 Å². The fraction of sp³-hybridized carbons (Fsp3) is 0.195. The van der Waals surface area contributed by atoms with Crippen LogP contribution < -0.4 is 9.30 Å². The molecule has 3 aromatic heterocycles. The molecule has 5 heteroatoms. The van der Waals surface area contributed by atoms with E-state index in [2.05, 4.69) is 122 Å². The molecule has 0 unspecified atom stereocenters. The van der Waals surface area contributed by atoms with Crippen molar-refractivity contribution in [2.24, 2.45) is 0 Å². The Bertz CT molecular complexity index is 5330. The van der Waals surface area contributed by atoms with E-state index in [1.54, 1.807) is 0 Å². The maximum Gasteiger partial charge on any atom is 0.269 e. The summed E-state index contributed by atoms with van der Waals surface area (Å²) < 4.78 is 121. The number of aryl methyl sites for hydroxylation is 4. The highest BCUT2D eigenvalue weighted by molar-refractivity contribution is 6.10. The Labute approximate surface area is 529 Å². The molecule has 0 saturated heterocycles. The molecule has 0 atom stereocenters. The van der Waals surface area contributed by atoms with E-state index < -0.39 is 27.4 Å². The van der Waals surface area contributed by atoms with Crippen molar-refractivity contribution in [3.63, 3.8) is 0 Å². The van der Waals surface area contributed by atoms with E-state index in [0.717, 1.165) is 72.1 Å². The van der Waals surface area contributed by atoms with Gasteiger partial charge in [-0.1, -0.05) is 196 Å². The van der Waals surface area contributed by atoms with Gasteiger partial charge in [0.1, 0.15) is 17.3 Å². The Balaban J connectivity index is 1.12. The summed E-state index contributed by atoms with van der Waals surface area (Å²) in [7, 11) is 0. The van der Waals surface area contributed by atoms with Crippen molar-refractivity contribution in [1.82, 2.24) is 14.1 Å². The van der Waals surface area contributed by atoms with E-state index >= 15 is 0 Å². The number of para-hydroxylation sites is 1. The van der Waals surface area contributed by atoms with Gasteiger partial charge in [0, 0.05) is 39.5 Å². The molecule has 428 valence electrons. The molecule has 87 heavy (non-hydrogen) atoms. The van der Waals surface area contributed by atoms with E-state index in [1.165, 1.54) is 36.4 Å². The highest BCUT2D eigenvalue weighted by Crippen LogP contribution is 2.49. The third-order valence-corrected chi connectivity index (χ3v) is 17.3. The molecular weight excluding hydrogens is 1060 g/mol. The van der Waals surface area contributed by atoms with E-state index in [1.807, 2.05) is 137 Å². The molecule has 1 aliphatic heterocycles. The van der Waals surface area contributed by atoms with E-state index in [-0.39, 0.29) is 49.6 Å². The number of nitrogens with zero attached hydrogens (tertiary/aromatic N) is 4. The maximum absolute atomic E-state index is 9.03. The number of imidazole rings is 1. The lowest BCUT2D eigenvalue weighted by Crippen LogP contribution is -2.32. The first-order valence-electron chi connectivity index (χ1n) is 35.7. The zero-order chi connectivity index (χ0) is 70.4. The smallest absolute Gasteiger partial charge is 0.269 e. The summed E-state index contributed by atoms with van der Waals surface area (Å²) in [4.78, 5) is 4.92. The summed E-state index contributed by atoms with van der Waals surface area (Å²) >= 11 is 0. The Morgan fingerprint density at radius 2 is 0.943 bits per heavy atom. The molecule has 13 aromatic rings. The van der Waals surface area contributed by atoms with Gasteiger partial charge in [-0.2, -0.15) is 0 Å². The molecule has 0 fully saturated rings. The van der Waals surface area contributed by atoms with E-state index in [4.69, 9.17) is 26.2 Å². The van der Waals surface area contributed by atoms with E-state index in [9.17, 15) is 0 Å². The normalized spacial score (nSPS) is 15.0. The summed E-state index contributed by atoms with van der Waals surface area (Å²) in [5.74, 6) is 1.79. The van der Waals surface area contributed by atoms with Gasteiger partial charge in [-0.05, 0) is 216 Å². The van der Waals surface area contributed by atoms with Crippen molar-refractivity contribution in [1.29, 1.82) is 0 Å². The van der Waals surface area contributed by atoms with Gasteiger partial charge in [-0.25, -0.2) is 4.98 Å². The van der Waals surface area contributed by atoms with Crippen molar-refractivity contribution in [2.45, 2.75) is 106 Å². The molecular formula is C82H74N4O. The van der Waals surface area contributed by atoms with Gasteiger partial charge in [0.15, 0.2) is 0 Å². The van der Waals surface area contributed by atoms with Crippen LogP contribution in [0.1, 0.15) is 118 Å². The molecule has 1 aliphatic rings. The molecule has 4 heterocycles. The van der Waals surface area contributed by atoms with Gasteiger partial charge in [-0.15, -0.1) is 0 Å². The fourth-order valence-corrected chi connectivity index (χ4v) is 12.8. The van der Waals surface area contributed by atoms with Crippen LogP contribution in [-0.2, 0) is 16.2 Å². The number of aromatic nitrogens is 4. The maximum atomic E-state index is 9.03. The Morgan fingerprint density at radius 1 is 0.414 bits per heavy atom. The number of hydrogen-bond donors (Lipinski definition) is 0. The first-order valence-corrected chi connectivity index (χ1v) is 29.7. The Kier molecular flexibility index (Phi) is 10.2. The molecule has 5 nitrogen and oxygen atoms in total. The zero-order valence-electron chi connectivity index (χ0n) is 62.4. The van der Waals surface area contributed by atoms with Crippen LogP contribution in [0.3, 0.4) is 0 Å². The van der Waals surface area contributed by atoms with Crippen LogP contribution in [0.5, 0.6) is 11.5 Å². The van der Waals surface area contributed by atoms with Crippen LogP contribution >= 0.6 is 0 Å². The number of ether oxygens (including phenoxy) is 1. The fourth-order valence-electron chi connectivity index (χ4n) is 12.8. The minimum absolute atomic E-state index is 0.0512. The van der Waals surface area contributed by atoms with Gasteiger partial charge >= 0.3 is 0 Å². The lowest BCUT2D eigenvalue weighted by atomic mass is 9.78. The monoisotopic (exact) mass is 1140 g/mol. The highest BCUT2D eigenvalue weighted by Gasteiger charge is 2.31. The summed E-state index contributed by atoms with van der Waals surface area (Å²) in [6, 6.07) is 65.1. The van der Waals surface area contributed by atoms with E-state index in [0.29, 0.717) is 61.7 Å². The van der Waals surface area contributed by atoms with Crippen LogP contribution in [-0.4, -0.2) is 14.1 Å². The molecule has 0 amide bonds. The standard InChI is InChI=1S/C82H74N4O/c1-50-23-20-24-51(2)76(50)55-41-69(54-39-58(81(8,9)10)45-59(40-54)82(11,12)13)78-70(42-55)65-31-16-14-29-63(65)64-30-15-17-32-66(64)71-43-56(77-52(3)25-21-26-53(77)4)44-74-79(71)85(78)49-84(74)60-27-22-28-61(47-60)87-62-35-36-68-67-33-18-19-34-72(67)86(73(68)48-62)75-46-57(37-38-83-75)80(5,6)7/h14-48H,1-13H3/i1D3,2D3,3D3,4D3. The highest BCUT2D eigenvalue weighted by atomic mass is 16.5. The molecule has 0 N–H and O–H groups in total. The predicted molar refractivity (Wildman–Crippen MR) is 364 cm³/mol. The quantitative estimate of drug-likeness (QED) is 0.118. The van der Waals surface area contributed by atoms with Crippen molar-refractivity contribution in [3.8, 4) is 95.5 Å². The second-order valence-electron chi connectivity index (χ2n) is 26.2. The number of pyridine rings is 1. The molecule has 0 spiro atoms. The first kappa shape index (κ1) is 43.1. The molecule has 0 saturated carbocycles. The summed E-state index contributed by atoms with van der Waals surface area (Å²) in [5.41, 5.74) is 12.4. The molecule has 0 radical (unpaired) electrons. The van der Waals surface area contributed by atoms with Gasteiger partial charge in [0.2, 0.25) is 0 Å². The molecule has 10 aromatic carbocycles. The lowest BCUT2D eigenvalue weighted by molar-refractivity contribution is -0.570. The second-order valence-corrected chi connectivity index (χ2v) is 26.2. The van der Waals surface area contributed by atoms with Crippen molar-refractivity contribution in [3.05, 3.63) is 258 Å². The summed E-state index contributed by atoms with van der Waals surface area (Å²) in [6.45, 7) is 8.51. The summed E-state index contributed by atoms with van der Waals surface area (Å²) in [5, 5.41) is 2.08. The predicted octanol–water partition coefficient (Wildman–Crippen LogP) is 21.4. The third-order valence-electron chi connectivity index (χ3n) is 17.3. The van der Waals surface area contributed by atoms with Gasteiger partial charge in [0.25, 0.3) is 6.33 Å². The summed E-state index contributed by atoms with van der Waals surface area (Å²) in [6.07, 6.45) is 5.75. The van der Waals surface area contributed by atoms with Gasteiger partial charge < -0.3 is 4.74 Å². The average Bonchev–Trinajstić information content (AvgIpc) is 1.61. The van der Waals surface area contributed by atoms with Crippen molar-refractivity contribution >= 4 is 32.8 Å². The Hall–Kier alpha value is -9.58. The minimum Gasteiger partial charge on any atom is -0.458 e. The third kappa shape index (κ3) is 9.56. The number of benzene rings is 10. The second kappa shape index (κ2) is 20.6. The van der Waals surface area contributed by atoms with Crippen molar-refractivity contribution < 1.29 is 25.8 Å². The lowest BCUT2D eigenvalue weighted by Gasteiger charge is -2.28. The number of hydrogen-bond acceptors (Lipinski definition) is 2. The molecule has 0 bridgehead atoms. The van der Waals surface area contributed by atoms with Crippen LogP contribution in [0.4, 0.5) is 0 Å².